The Morgan fingerprint density at radius 2 is 2.00 bits per heavy atom. The van der Waals surface area contributed by atoms with Gasteiger partial charge in [0.1, 0.15) is 10.4 Å². The zero-order valence-corrected chi connectivity index (χ0v) is 9.52. The molecule has 0 unspecified atom stereocenters. The highest BCUT2D eigenvalue weighted by atomic mass is 79.9. The quantitative estimate of drug-likeness (QED) is 0.803. The number of halogens is 1. The molecule has 0 aliphatic heterocycles. The van der Waals surface area contributed by atoms with Crippen molar-refractivity contribution in [3.05, 3.63) is 16.1 Å². The fourth-order valence-electron chi connectivity index (χ4n) is 2.14. The van der Waals surface area contributed by atoms with Gasteiger partial charge in [0.15, 0.2) is 0 Å². The first-order chi connectivity index (χ1) is 6.27. The van der Waals surface area contributed by atoms with E-state index in [9.17, 15) is 0 Å². The van der Waals surface area contributed by atoms with Crippen LogP contribution in [0.2, 0.25) is 0 Å². The van der Waals surface area contributed by atoms with Gasteiger partial charge in [0, 0.05) is 5.92 Å². The van der Waals surface area contributed by atoms with Crippen molar-refractivity contribution in [2.45, 2.75) is 44.9 Å². The number of aryl methyl sites for hydroxylation is 1. The number of rotatable bonds is 1. The van der Waals surface area contributed by atoms with Gasteiger partial charge in [-0.1, -0.05) is 19.3 Å². The summed E-state index contributed by atoms with van der Waals surface area (Å²) >= 11 is 3.51. The molecular formula is C10H15BrN2. The maximum Gasteiger partial charge on any atom is 0.127 e. The van der Waals surface area contributed by atoms with Crippen LogP contribution in [0.15, 0.2) is 4.60 Å². The van der Waals surface area contributed by atoms with Crippen LogP contribution in [0.5, 0.6) is 0 Å². The van der Waals surface area contributed by atoms with E-state index in [0.29, 0.717) is 5.92 Å². The van der Waals surface area contributed by atoms with Crippen molar-refractivity contribution in [2.24, 2.45) is 0 Å². The summed E-state index contributed by atoms with van der Waals surface area (Å²) in [5, 5.41) is 0. The molecule has 1 aromatic heterocycles. The summed E-state index contributed by atoms with van der Waals surface area (Å²) in [6, 6.07) is 0. The molecule has 0 bridgehead atoms. The molecule has 2 rings (SSSR count). The van der Waals surface area contributed by atoms with E-state index in [2.05, 4.69) is 25.9 Å². The Morgan fingerprint density at radius 3 is 2.54 bits per heavy atom. The summed E-state index contributed by atoms with van der Waals surface area (Å²) in [7, 11) is 0. The molecule has 0 amide bonds. The highest BCUT2D eigenvalue weighted by molar-refractivity contribution is 9.10. The van der Waals surface area contributed by atoms with Crippen LogP contribution in [-0.2, 0) is 0 Å². The number of nitrogens with zero attached hydrogens (tertiary/aromatic N) is 1. The molecule has 1 fully saturated rings. The SMILES string of the molecule is Cc1nc(Br)c(C2CCCCC2)[nH]1. The normalized spacial score (nSPS) is 19.2. The van der Waals surface area contributed by atoms with E-state index in [1.54, 1.807) is 0 Å². The van der Waals surface area contributed by atoms with Gasteiger partial charge < -0.3 is 4.98 Å². The predicted octanol–water partition coefficient (Wildman–Crippen LogP) is 3.53. The van der Waals surface area contributed by atoms with E-state index >= 15 is 0 Å². The molecule has 72 valence electrons. The van der Waals surface area contributed by atoms with Crippen LogP contribution >= 0.6 is 15.9 Å². The van der Waals surface area contributed by atoms with Gasteiger partial charge >= 0.3 is 0 Å². The summed E-state index contributed by atoms with van der Waals surface area (Å²) in [6.45, 7) is 2.01. The van der Waals surface area contributed by atoms with E-state index in [1.165, 1.54) is 37.8 Å². The highest BCUT2D eigenvalue weighted by Crippen LogP contribution is 2.34. The third kappa shape index (κ3) is 1.96. The second kappa shape index (κ2) is 3.82. The van der Waals surface area contributed by atoms with Crippen LogP contribution in [0.4, 0.5) is 0 Å². The van der Waals surface area contributed by atoms with Crippen LogP contribution in [0.1, 0.15) is 49.5 Å². The van der Waals surface area contributed by atoms with Gasteiger partial charge in [-0.2, -0.15) is 0 Å². The van der Waals surface area contributed by atoms with Crippen molar-refractivity contribution in [3.63, 3.8) is 0 Å². The number of aromatic nitrogens is 2. The summed E-state index contributed by atoms with van der Waals surface area (Å²) in [6.07, 6.45) is 6.78. The van der Waals surface area contributed by atoms with E-state index in [4.69, 9.17) is 0 Å². The highest BCUT2D eigenvalue weighted by Gasteiger charge is 2.19. The molecule has 13 heavy (non-hydrogen) atoms. The molecule has 0 spiro atoms. The lowest BCUT2D eigenvalue weighted by atomic mass is 9.87. The monoisotopic (exact) mass is 242 g/mol. The third-order valence-corrected chi connectivity index (χ3v) is 3.42. The van der Waals surface area contributed by atoms with Crippen molar-refractivity contribution >= 4 is 15.9 Å². The minimum atomic E-state index is 0.712. The van der Waals surface area contributed by atoms with Crippen molar-refractivity contribution < 1.29 is 0 Å². The first-order valence-electron chi connectivity index (χ1n) is 4.99. The maximum absolute atomic E-state index is 4.35. The molecule has 1 heterocycles. The lowest BCUT2D eigenvalue weighted by Crippen LogP contribution is -2.05. The fraction of sp³-hybridized carbons (Fsp3) is 0.700. The topological polar surface area (TPSA) is 28.7 Å². The molecule has 0 radical (unpaired) electrons. The number of imidazole rings is 1. The molecule has 1 aliphatic rings. The second-order valence-electron chi connectivity index (χ2n) is 3.86. The van der Waals surface area contributed by atoms with Gasteiger partial charge in [-0.15, -0.1) is 0 Å². The van der Waals surface area contributed by atoms with E-state index < -0.39 is 0 Å². The zero-order chi connectivity index (χ0) is 9.26. The molecule has 0 saturated heterocycles. The largest absolute Gasteiger partial charge is 0.345 e. The van der Waals surface area contributed by atoms with Gasteiger partial charge in [-0.3, -0.25) is 0 Å². The Morgan fingerprint density at radius 1 is 1.31 bits per heavy atom. The molecule has 3 heteroatoms. The van der Waals surface area contributed by atoms with Crippen LogP contribution in [0.25, 0.3) is 0 Å². The first kappa shape index (κ1) is 9.25. The molecule has 1 saturated carbocycles. The van der Waals surface area contributed by atoms with Crippen molar-refractivity contribution in [2.75, 3.05) is 0 Å². The maximum atomic E-state index is 4.35. The first-order valence-corrected chi connectivity index (χ1v) is 5.78. The zero-order valence-electron chi connectivity index (χ0n) is 7.94. The molecule has 0 atom stereocenters. The van der Waals surface area contributed by atoms with Crippen molar-refractivity contribution in [1.82, 2.24) is 9.97 Å². The minimum Gasteiger partial charge on any atom is -0.345 e. The average Bonchev–Trinajstić information content (AvgIpc) is 2.47. The number of hydrogen-bond acceptors (Lipinski definition) is 1. The summed E-state index contributed by atoms with van der Waals surface area (Å²) < 4.78 is 1.02. The second-order valence-corrected chi connectivity index (χ2v) is 4.61. The van der Waals surface area contributed by atoms with Crippen LogP contribution in [0, 0.1) is 6.92 Å². The summed E-state index contributed by atoms with van der Waals surface area (Å²) in [5.41, 5.74) is 1.32. The van der Waals surface area contributed by atoms with Crippen LogP contribution in [0.3, 0.4) is 0 Å². The van der Waals surface area contributed by atoms with Gasteiger partial charge in [0.25, 0.3) is 0 Å². The fourth-order valence-corrected chi connectivity index (χ4v) is 2.83. The average molecular weight is 243 g/mol. The third-order valence-electron chi connectivity index (χ3n) is 2.82. The Hall–Kier alpha value is -0.310. The van der Waals surface area contributed by atoms with Crippen molar-refractivity contribution in [1.29, 1.82) is 0 Å². The predicted molar refractivity (Wildman–Crippen MR) is 56.9 cm³/mol. The standard InChI is InChI=1S/C10H15BrN2/c1-7-12-9(10(11)13-7)8-5-3-2-4-6-8/h8H,2-6H2,1H3,(H,12,13). The molecule has 1 aromatic rings. The lowest BCUT2D eigenvalue weighted by molar-refractivity contribution is 0.436. The molecule has 2 nitrogen and oxygen atoms in total. The number of aromatic amines is 1. The van der Waals surface area contributed by atoms with Gasteiger partial charge in [0.2, 0.25) is 0 Å². The Labute approximate surface area is 87.3 Å². The van der Waals surface area contributed by atoms with Gasteiger partial charge in [-0.05, 0) is 35.7 Å². The lowest BCUT2D eigenvalue weighted by Gasteiger charge is -2.20. The van der Waals surface area contributed by atoms with E-state index in [1.807, 2.05) is 6.92 Å². The molecular weight excluding hydrogens is 228 g/mol. The van der Waals surface area contributed by atoms with Gasteiger partial charge in [-0.25, -0.2) is 4.98 Å². The van der Waals surface area contributed by atoms with E-state index in [0.717, 1.165) is 10.4 Å². The summed E-state index contributed by atoms with van der Waals surface area (Å²) in [5.74, 6) is 1.73. The Balaban J connectivity index is 2.18. The molecule has 0 aromatic carbocycles. The summed E-state index contributed by atoms with van der Waals surface area (Å²) in [4.78, 5) is 7.70. The van der Waals surface area contributed by atoms with E-state index in [-0.39, 0.29) is 0 Å². The minimum absolute atomic E-state index is 0.712. The Bertz CT molecular complexity index is 287. The van der Waals surface area contributed by atoms with Crippen molar-refractivity contribution in [3.8, 4) is 0 Å². The molecule has 1 N–H and O–H groups in total. The van der Waals surface area contributed by atoms with Crippen LogP contribution < -0.4 is 0 Å². The van der Waals surface area contributed by atoms with Gasteiger partial charge in [0.05, 0.1) is 5.69 Å². The molecule has 1 aliphatic carbocycles. The van der Waals surface area contributed by atoms with Crippen LogP contribution in [-0.4, -0.2) is 9.97 Å². The number of H-pyrrole nitrogens is 1. The Kier molecular flexibility index (Phi) is 2.72. The number of nitrogens with one attached hydrogen (secondary N) is 1. The smallest absolute Gasteiger partial charge is 0.127 e. The number of hydrogen-bond donors (Lipinski definition) is 1.